The van der Waals surface area contributed by atoms with E-state index in [1.165, 1.54) is 5.39 Å². The fraction of sp³-hybridized carbons (Fsp3) is 0.273. The van der Waals surface area contributed by atoms with Crippen LogP contribution in [0.3, 0.4) is 0 Å². The van der Waals surface area contributed by atoms with Crippen LogP contribution in [-0.4, -0.2) is 4.57 Å². The summed E-state index contributed by atoms with van der Waals surface area (Å²) in [5.41, 5.74) is 1.12. The molecular formula is C11H11BrClN. The summed E-state index contributed by atoms with van der Waals surface area (Å²) in [5, 5.41) is 1.98. The fourth-order valence-electron chi connectivity index (χ4n) is 1.65. The van der Waals surface area contributed by atoms with Crippen LogP contribution in [0.2, 0.25) is 5.02 Å². The summed E-state index contributed by atoms with van der Waals surface area (Å²) < 4.78 is 3.21. The van der Waals surface area contributed by atoms with Crippen LogP contribution in [0.1, 0.15) is 19.9 Å². The van der Waals surface area contributed by atoms with Crippen molar-refractivity contribution in [3.63, 3.8) is 0 Å². The summed E-state index contributed by atoms with van der Waals surface area (Å²) in [6.45, 7) is 4.30. The molecule has 0 saturated heterocycles. The average Bonchev–Trinajstić information content (AvgIpc) is 2.47. The molecule has 14 heavy (non-hydrogen) atoms. The van der Waals surface area contributed by atoms with Crippen LogP contribution in [0.5, 0.6) is 0 Å². The normalized spacial score (nSPS) is 11.5. The Morgan fingerprint density at radius 3 is 2.71 bits per heavy atom. The maximum atomic E-state index is 6.20. The van der Waals surface area contributed by atoms with Crippen molar-refractivity contribution in [1.29, 1.82) is 0 Å². The Bertz CT molecular complexity index is 473. The second-order valence-corrected chi connectivity index (χ2v) is 4.97. The van der Waals surface area contributed by atoms with Crippen LogP contribution in [0.25, 0.3) is 10.9 Å². The van der Waals surface area contributed by atoms with Crippen molar-refractivity contribution in [3.05, 3.63) is 33.9 Å². The minimum Gasteiger partial charge on any atom is -0.344 e. The molecule has 1 nitrogen and oxygen atoms in total. The molecule has 0 bridgehead atoms. The number of fused-ring (bicyclic) bond motifs is 1. The SMILES string of the molecule is CC(C)n1ccc2cc(Br)cc(Cl)c21. The van der Waals surface area contributed by atoms with Gasteiger partial charge in [0, 0.05) is 22.1 Å². The zero-order valence-corrected chi connectivity index (χ0v) is 10.4. The zero-order valence-electron chi connectivity index (χ0n) is 8.09. The molecular weight excluding hydrogens is 261 g/mol. The van der Waals surface area contributed by atoms with Crippen molar-refractivity contribution < 1.29 is 0 Å². The summed E-state index contributed by atoms with van der Waals surface area (Å²) in [5.74, 6) is 0. The molecule has 3 heteroatoms. The van der Waals surface area contributed by atoms with Gasteiger partial charge in [0.15, 0.2) is 0 Å². The Labute approximate surface area is 96.8 Å². The van der Waals surface area contributed by atoms with Gasteiger partial charge in [-0.15, -0.1) is 0 Å². The van der Waals surface area contributed by atoms with Gasteiger partial charge in [0.25, 0.3) is 0 Å². The topological polar surface area (TPSA) is 4.93 Å². The number of rotatable bonds is 1. The van der Waals surface area contributed by atoms with Gasteiger partial charge < -0.3 is 4.57 Å². The van der Waals surface area contributed by atoms with E-state index in [1.807, 2.05) is 6.07 Å². The van der Waals surface area contributed by atoms with Crippen molar-refractivity contribution in [2.45, 2.75) is 19.9 Å². The number of nitrogens with zero attached hydrogens (tertiary/aromatic N) is 1. The molecule has 0 spiro atoms. The van der Waals surface area contributed by atoms with Gasteiger partial charge in [-0.1, -0.05) is 27.5 Å². The minimum absolute atomic E-state index is 0.436. The van der Waals surface area contributed by atoms with Crippen LogP contribution in [-0.2, 0) is 0 Å². The highest BCUT2D eigenvalue weighted by Gasteiger charge is 2.08. The molecule has 0 aliphatic rings. The highest BCUT2D eigenvalue weighted by Crippen LogP contribution is 2.30. The molecule has 1 heterocycles. The molecule has 0 aliphatic heterocycles. The van der Waals surface area contributed by atoms with E-state index >= 15 is 0 Å². The third-order valence-corrected chi connectivity index (χ3v) is 3.03. The maximum Gasteiger partial charge on any atom is 0.0672 e. The van der Waals surface area contributed by atoms with E-state index in [-0.39, 0.29) is 0 Å². The molecule has 0 saturated carbocycles. The predicted molar refractivity (Wildman–Crippen MR) is 65.0 cm³/mol. The summed E-state index contributed by atoms with van der Waals surface area (Å²) in [7, 11) is 0. The number of benzene rings is 1. The highest BCUT2D eigenvalue weighted by atomic mass is 79.9. The third-order valence-electron chi connectivity index (χ3n) is 2.29. The van der Waals surface area contributed by atoms with E-state index in [1.54, 1.807) is 0 Å². The number of hydrogen-bond acceptors (Lipinski definition) is 0. The Kier molecular flexibility index (Phi) is 2.58. The van der Waals surface area contributed by atoms with E-state index in [0.717, 1.165) is 15.0 Å². The van der Waals surface area contributed by atoms with Gasteiger partial charge in [0.1, 0.15) is 0 Å². The molecule has 0 N–H and O–H groups in total. The van der Waals surface area contributed by atoms with E-state index in [0.29, 0.717) is 6.04 Å². The molecule has 1 aromatic heterocycles. The van der Waals surface area contributed by atoms with E-state index < -0.39 is 0 Å². The number of aromatic nitrogens is 1. The molecule has 2 aromatic rings. The van der Waals surface area contributed by atoms with E-state index in [9.17, 15) is 0 Å². The van der Waals surface area contributed by atoms with Crippen LogP contribution >= 0.6 is 27.5 Å². The quantitative estimate of drug-likeness (QED) is 0.713. The van der Waals surface area contributed by atoms with Crippen LogP contribution in [0.15, 0.2) is 28.9 Å². The molecule has 74 valence electrons. The van der Waals surface area contributed by atoms with Gasteiger partial charge in [-0.25, -0.2) is 0 Å². The van der Waals surface area contributed by atoms with Gasteiger partial charge >= 0.3 is 0 Å². The first-order chi connectivity index (χ1) is 6.59. The monoisotopic (exact) mass is 271 g/mol. The molecule has 1 aromatic carbocycles. The first-order valence-electron chi connectivity index (χ1n) is 4.55. The van der Waals surface area contributed by atoms with Gasteiger partial charge in [0.2, 0.25) is 0 Å². The second kappa shape index (κ2) is 3.59. The van der Waals surface area contributed by atoms with Crippen LogP contribution in [0, 0.1) is 0 Å². The van der Waals surface area contributed by atoms with Gasteiger partial charge in [-0.2, -0.15) is 0 Å². The Morgan fingerprint density at radius 2 is 2.07 bits per heavy atom. The molecule has 0 unspecified atom stereocenters. The fourth-order valence-corrected chi connectivity index (χ4v) is 2.58. The lowest BCUT2D eigenvalue weighted by molar-refractivity contribution is 0.623. The third kappa shape index (κ3) is 1.57. The van der Waals surface area contributed by atoms with Crippen molar-refractivity contribution in [3.8, 4) is 0 Å². The van der Waals surface area contributed by atoms with Crippen molar-refractivity contribution in [2.24, 2.45) is 0 Å². The van der Waals surface area contributed by atoms with Crippen LogP contribution in [0.4, 0.5) is 0 Å². The number of hydrogen-bond donors (Lipinski definition) is 0. The second-order valence-electron chi connectivity index (χ2n) is 3.64. The first-order valence-corrected chi connectivity index (χ1v) is 5.72. The molecule has 0 fully saturated rings. The van der Waals surface area contributed by atoms with Crippen LogP contribution < -0.4 is 0 Å². The molecule has 0 aliphatic carbocycles. The summed E-state index contributed by atoms with van der Waals surface area (Å²) in [6, 6.07) is 6.54. The maximum absolute atomic E-state index is 6.20. The summed E-state index contributed by atoms with van der Waals surface area (Å²) in [6.07, 6.45) is 2.08. The summed E-state index contributed by atoms with van der Waals surface area (Å²) in [4.78, 5) is 0. The summed E-state index contributed by atoms with van der Waals surface area (Å²) >= 11 is 9.64. The molecule has 2 rings (SSSR count). The van der Waals surface area contributed by atoms with Gasteiger partial charge in [-0.05, 0) is 32.0 Å². The lowest BCUT2D eigenvalue weighted by Crippen LogP contribution is -1.98. The average molecular weight is 273 g/mol. The predicted octanol–water partition coefficient (Wildman–Crippen LogP) is 4.64. The Balaban J connectivity index is 2.79. The standard InChI is InChI=1S/C11H11BrClN/c1-7(2)14-4-3-8-5-9(12)6-10(13)11(8)14/h3-7H,1-2H3. The van der Waals surface area contributed by atoms with Crippen molar-refractivity contribution >= 4 is 38.4 Å². The Hall–Kier alpha value is -0.470. The highest BCUT2D eigenvalue weighted by molar-refractivity contribution is 9.10. The Morgan fingerprint density at radius 1 is 1.36 bits per heavy atom. The lowest BCUT2D eigenvalue weighted by atomic mass is 10.2. The van der Waals surface area contributed by atoms with E-state index in [4.69, 9.17) is 11.6 Å². The molecule has 0 atom stereocenters. The minimum atomic E-state index is 0.436. The lowest BCUT2D eigenvalue weighted by Gasteiger charge is -2.10. The van der Waals surface area contributed by atoms with Gasteiger partial charge in [-0.3, -0.25) is 0 Å². The van der Waals surface area contributed by atoms with E-state index in [2.05, 4.69) is 52.7 Å². The smallest absolute Gasteiger partial charge is 0.0672 e. The zero-order chi connectivity index (χ0) is 10.3. The van der Waals surface area contributed by atoms with Gasteiger partial charge in [0.05, 0.1) is 10.5 Å². The van der Waals surface area contributed by atoms with Crippen molar-refractivity contribution in [2.75, 3.05) is 0 Å². The first kappa shape index (κ1) is 10.1. The van der Waals surface area contributed by atoms with Crippen molar-refractivity contribution in [1.82, 2.24) is 4.57 Å². The molecule has 0 amide bonds. The number of halogens is 2. The molecule has 0 radical (unpaired) electrons. The largest absolute Gasteiger partial charge is 0.344 e.